The third-order valence-corrected chi connectivity index (χ3v) is 4.82. The molecular weight excluding hydrogens is 361 g/mol. The number of ether oxygens (including phenoxy) is 1. The fourth-order valence-electron chi connectivity index (χ4n) is 3.23. The summed E-state index contributed by atoms with van der Waals surface area (Å²) in [7, 11) is 1.78. The first-order valence-electron chi connectivity index (χ1n) is 9.09. The molecule has 0 saturated heterocycles. The van der Waals surface area contributed by atoms with Crippen molar-refractivity contribution in [3.05, 3.63) is 59.2 Å². The Morgan fingerprint density at radius 3 is 2.71 bits per heavy atom. The maximum atomic E-state index is 13.2. The van der Waals surface area contributed by atoms with Crippen LogP contribution in [-0.2, 0) is 31.5 Å². The fraction of sp³-hybridized carbons (Fsp3) is 0.300. The SMILES string of the molecule is CCC(=O)N1Cc2ccc(OCc3c(-c4ccc(F)cc4)nnn3C)nc2C1. The van der Waals surface area contributed by atoms with Crippen molar-refractivity contribution < 1.29 is 13.9 Å². The van der Waals surface area contributed by atoms with E-state index in [1.54, 1.807) is 34.8 Å². The molecule has 0 fully saturated rings. The lowest BCUT2D eigenvalue weighted by Crippen LogP contribution is -2.24. The van der Waals surface area contributed by atoms with E-state index in [2.05, 4.69) is 15.3 Å². The molecule has 1 aliphatic heterocycles. The number of aryl methyl sites for hydroxylation is 1. The molecule has 8 heteroatoms. The molecule has 4 rings (SSSR count). The van der Waals surface area contributed by atoms with Crippen molar-refractivity contribution in [2.24, 2.45) is 7.05 Å². The summed E-state index contributed by atoms with van der Waals surface area (Å²) in [5.74, 6) is 0.296. The van der Waals surface area contributed by atoms with Gasteiger partial charge in [0, 0.05) is 31.6 Å². The molecule has 2 aromatic heterocycles. The van der Waals surface area contributed by atoms with Gasteiger partial charge in [-0.2, -0.15) is 0 Å². The number of pyridine rings is 1. The number of carbonyl (C=O) groups excluding carboxylic acids is 1. The topological polar surface area (TPSA) is 73.1 Å². The summed E-state index contributed by atoms with van der Waals surface area (Å²) in [6.07, 6.45) is 0.483. The van der Waals surface area contributed by atoms with Crippen LogP contribution in [0, 0.1) is 5.82 Å². The highest BCUT2D eigenvalue weighted by Crippen LogP contribution is 2.26. The highest BCUT2D eigenvalue weighted by molar-refractivity contribution is 5.76. The largest absolute Gasteiger partial charge is 0.471 e. The van der Waals surface area contributed by atoms with Crippen LogP contribution >= 0.6 is 0 Å². The van der Waals surface area contributed by atoms with E-state index in [0.717, 1.165) is 22.5 Å². The molecule has 0 atom stereocenters. The number of carbonyl (C=O) groups is 1. The Morgan fingerprint density at radius 1 is 1.18 bits per heavy atom. The van der Waals surface area contributed by atoms with Crippen molar-refractivity contribution in [1.82, 2.24) is 24.9 Å². The van der Waals surface area contributed by atoms with Gasteiger partial charge in [0.2, 0.25) is 11.8 Å². The smallest absolute Gasteiger partial charge is 0.222 e. The van der Waals surface area contributed by atoms with Gasteiger partial charge in [0.15, 0.2) is 0 Å². The predicted octanol–water partition coefficient (Wildman–Crippen LogP) is 2.85. The summed E-state index contributed by atoms with van der Waals surface area (Å²) >= 11 is 0. The van der Waals surface area contributed by atoms with Crippen LogP contribution in [0.3, 0.4) is 0 Å². The standard InChI is InChI=1S/C20H20FN5O2/c1-3-19(27)26-10-14-6-9-18(22-16(14)11-26)28-12-17-20(23-24-25(17)2)13-4-7-15(21)8-5-13/h4-9H,3,10-12H2,1-2H3. The third kappa shape index (κ3) is 3.45. The zero-order chi connectivity index (χ0) is 19.7. The molecule has 0 spiro atoms. The monoisotopic (exact) mass is 381 g/mol. The van der Waals surface area contributed by atoms with Gasteiger partial charge in [-0.3, -0.25) is 4.79 Å². The number of fused-ring (bicyclic) bond motifs is 1. The van der Waals surface area contributed by atoms with Crippen LogP contribution in [0.2, 0.25) is 0 Å². The molecule has 144 valence electrons. The Bertz CT molecular complexity index is 1020. The van der Waals surface area contributed by atoms with Crippen LogP contribution in [-0.4, -0.2) is 30.8 Å². The summed E-state index contributed by atoms with van der Waals surface area (Å²) < 4.78 is 20.7. The Morgan fingerprint density at radius 2 is 1.96 bits per heavy atom. The van der Waals surface area contributed by atoms with E-state index in [9.17, 15) is 9.18 Å². The zero-order valence-corrected chi connectivity index (χ0v) is 15.7. The van der Waals surface area contributed by atoms with Gasteiger partial charge >= 0.3 is 0 Å². The van der Waals surface area contributed by atoms with Crippen molar-refractivity contribution in [3.8, 4) is 17.1 Å². The number of aromatic nitrogens is 4. The van der Waals surface area contributed by atoms with E-state index in [-0.39, 0.29) is 18.3 Å². The summed E-state index contributed by atoms with van der Waals surface area (Å²) in [6, 6.07) is 9.86. The minimum absolute atomic E-state index is 0.116. The molecule has 7 nitrogen and oxygen atoms in total. The average molecular weight is 381 g/mol. The van der Waals surface area contributed by atoms with E-state index in [1.807, 2.05) is 13.0 Å². The fourth-order valence-corrected chi connectivity index (χ4v) is 3.23. The van der Waals surface area contributed by atoms with Gasteiger partial charge in [-0.1, -0.05) is 12.1 Å². The van der Waals surface area contributed by atoms with Crippen LogP contribution in [0.1, 0.15) is 30.3 Å². The van der Waals surface area contributed by atoms with Gasteiger partial charge in [-0.05, 0) is 35.9 Å². The molecule has 0 unspecified atom stereocenters. The van der Waals surface area contributed by atoms with Gasteiger partial charge in [0.25, 0.3) is 0 Å². The van der Waals surface area contributed by atoms with Crippen LogP contribution in [0.4, 0.5) is 4.39 Å². The zero-order valence-electron chi connectivity index (χ0n) is 15.7. The molecule has 0 saturated carbocycles. The lowest BCUT2D eigenvalue weighted by molar-refractivity contribution is -0.131. The molecule has 1 aromatic carbocycles. The number of nitrogens with zero attached hydrogens (tertiary/aromatic N) is 5. The van der Waals surface area contributed by atoms with Crippen LogP contribution in [0.25, 0.3) is 11.3 Å². The van der Waals surface area contributed by atoms with Crippen molar-refractivity contribution in [1.29, 1.82) is 0 Å². The normalized spacial score (nSPS) is 12.9. The maximum Gasteiger partial charge on any atom is 0.222 e. The van der Waals surface area contributed by atoms with Crippen molar-refractivity contribution in [2.75, 3.05) is 0 Å². The minimum Gasteiger partial charge on any atom is -0.471 e. The van der Waals surface area contributed by atoms with Crippen LogP contribution in [0.15, 0.2) is 36.4 Å². The Kier molecular flexibility index (Phi) is 4.77. The van der Waals surface area contributed by atoms with Gasteiger partial charge in [-0.25, -0.2) is 14.1 Å². The van der Waals surface area contributed by atoms with E-state index < -0.39 is 0 Å². The molecular formula is C20H20FN5O2. The average Bonchev–Trinajstić information content (AvgIpc) is 3.29. The second-order valence-corrected chi connectivity index (χ2v) is 6.66. The summed E-state index contributed by atoms with van der Waals surface area (Å²) in [4.78, 5) is 18.2. The number of rotatable bonds is 5. The number of amides is 1. The molecule has 1 aliphatic rings. The number of benzene rings is 1. The maximum absolute atomic E-state index is 13.2. The van der Waals surface area contributed by atoms with Crippen LogP contribution in [0.5, 0.6) is 5.88 Å². The van der Waals surface area contributed by atoms with Gasteiger partial charge in [0.05, 0.1) is 12.2 Å². The van der Waals surface area contributed by atoms with E-state index in [1.165, 1.54) is 12.1 Å². The van der Waals surface area contributed by atoms with Gasteiger partial charge < -0.3 is 9.64 Å². The molecule has 0 radical (unpaired) electrons. The molecule has 1 amide bonds. The summed E-state index contributed by atoms with van der Waals surface area (Å²) in [5, 5.41) is 8.22. The quantitative estimate of drug-likeness (QED) is 0.680. The molecule has 3 heterocycles. The van der Waals surface area contributed by atoms with E-state index in [4.69, 9.17) is 4.74 Å². The Balaban J connectivity index is 1.50. The first-order valence-corrected chi connectivity index (χ1v) is 9.09. The lowest BCUT2D eigenvalue weighted by atomic mass is 10.1. The first kappa shape index (κ1) is 18.1. The highest BCUT2D eigenvalue weighted by atomic mass is 19.1. The Labute approximate surface area is 161 Å². The number of hydrogen-bond acceptors (Lipinski definition) is 5. The summed E-state index contributed by atoms with van der Waals surface area (Å²) in [6.45, 7) is 3.18. The molecule has 0 N–H and O–H groups in total. The van der Waals surface area contributed by atoms with Crippen molar-refractivity contribution in [2.45, 2.75) is 33.0 Å². The summed E-state index contributed by atoms with van der Waals surface area (Å²) in [5.41, 5.74) is 4.08. The third-order valence-electron chi connectivity index (χ3n) is 4.82. The highest BCUT2D eigenvalue weighted by Gasteiger charge is 2.24. The predicted molar refractivity (Wildman–Crippen MR) is 99.5 cm³/mol. The van der Waals surface area contributed by atoms with E-state index in [0.29, 0.717) is 31.1 Å². The second kappa shape index (κ2) is 7.38. The van der Waals surface area contributed by atoms with Crippen molar-refractivity contribution in [3.63, 3.8) is 0 Å². The lowest BCUT2D eigenvalue weighted by Gasteiger charge is -2.12. The molecule has 0 bridgehead atoms. The molecule has 3 aromatic rings. The minimum atomic E-state index is -0.302. The first-order chi connectivity index (χ1) is 13.5. The van der Waals surface area contributed by atoms with Crippen LogP contribution < -0.4 is 4.74 Å². The van der Waals surface area contributed by atoms with Crippen molar-refractivity contribution >= 4 is 5.91 Å². The second-order valence-electron chi connectivity index (χ2n) is 6.66. The number of hydrogen-bond donors (Lipinski definition) is 0. The molecule has 0 aliphatic carbocycles. The Hall–Kier alpha value is -3.29. The van der Waals surface area contributed by atoms with Gasteiger partial charge in [-0.15, -0.1) is 5.10 Å². The molecule has 28 heavy (non-hydrogen) atoms. The van der Waals surface area contributed by atoms with Gasteiger partial charge in [0.1, 0.15) is 23.8 Å². The van der Waals surface area contributed by atoms with E-state index >= 15 is 0 Å². The number of halogens is 1.